The van der Waals surface area contributed by atoms with Crippen molar-refractivity contribution in [1.29, 1.82) is 0 Å². The Bertz CT molecular complexity index is 1270. The summed E-state index contributed by atoms with van der Waals surface area (Å²) in [5.41, 5.74) is -1.18. The molecule has 1 aliphatic heterocycles. The molecule has 3 saturated carbocycles. The molecule has 13 atom stereocenters. The zero-order valence-corrected chi connectivity index (χ0v) is 27.1. The van der Waals surface area contributed by atoms with Crippen LogP contribution >= 0.6 is 0 Å². The Hall–Kier alpha value is -1.62. The van der Waals surface area contributed by atoms with Crippen LogP contribution in [0.25, 0.3) is 0 Å². The van der Waals surface area contributed by atoms with Crippen molar-refractivity contribution in [2.24, 2.45) is 44.3 Å². The fourth-order valence-electron chi connectivity index (χ4n) is 11.3. The Labute approximate surface area is 260 Å². The number of hydrogen-bond donors (Lipinski definition) is 5. The van der Waals surface area contributed by atoms with Crippen LogP contribution in [0, 0.1) is 44.3 Å². The second-order valence-corrected chi connectivity index (χ2v) is 16.8. The summed E-state index contributed by atoms with van der Waals surface area (Å²) in [6.45, 7) is 12.7. The minimum Gasteiger partial charge on any atom is -0.481 e. The maximum atomic E-state index is 13.0. The molecule has 0 aromatic rings. The molecule has 6 rings (SSSR count). The SMILES string of the molecule is CC1(C)CC[C@@]2(C(=O)O)C(=C3C=C[C@@H]4[C@@]5(C)CC[C@H](O[C@@H]6O[C@H](CO)[C@@H](O)[C@@H]6O)[C@@](C)(C=O)[C@@H]5CC[C@@]4(C)[C@]3(C)C[C@H]2O)C1. The van der Waals surface area contributed by atoms with Gasteiger partial charge in [0.1, 0.15) is 30.0 Å². The summed E-state index contributed by atoms with van der Waals surface area (Å²) in [6, 6.07) is 0. The minimum absolute atomic E-state index is 0.0378. The molecule has 0 spiro atoms. The summed E-state index contributed by atoms with van der Waals surface area (Å²) in [5, 5.41) is 52.8. The van der Waals surface area contributed by atoms with E-state index in [1.54, 1.807) is 0 Å². The van der Waals surface area contributed by atoms with Crippen LogP contribution in [-0.2, 0) is 19.1 Å². The molecule has 0 amide bonds. The van der Waals surface area contributed by atoms with Crippen LogP contribution in [0.3, 0.4) is 0 Å². The first-order valence-corrected chi connectivity index (χ1v) is 16.5. The Morgan fingerprint density at radius 2 is 1.73 bits per heavy atom. The summed E-state index contributed by atoms with van der Waals surface area (Å²) in [7, 11) is 0. The number of aliphatic carboxylic acids is 1. The molecule has 0 bridgehead atoms. The number of carbonyl (C=O) groups excluding carboxylic acids is 1. The fraction of sp³-hybridized carbons (Fsp3) is 0.829. The van der Waals surface area contributed by atoms with Gasteiger partial charge in [0.15, 0.2) is 6.29 Å². The third-order valence-corrected chi connectivity index (χ3v) is 14.2. The van der Waals surface area contributed by atoms with Gasteiger partial charge >= 0.3 is 5.97 Å². The minimum atomic E-state index is -1.32. The lowest BCUT2D eigenvalue weighted by Crippen LogP contribution is -2.66. The van der Waals surface area contributed by atoms with E-state index in [4.69, 9.17) is 9.47 Å². The third-order valence-electron chi connectivity index (χ3n) is 14.2. The Balaban J connectivity index is 1.38. The first kappa shape index (κ1) is 32.3. The van der Waals surface area contributed by atoms with Crippen LogP contribution < -0.4 is 0 Å². The number of aliphatic hydroxyl groups excluding tert-OH is 4. The average Bonchev–Trinajstić information content (AvgIpc) is 3.22. The molecule has 5 aliphatic carbocycles. The highest BCUT2D eigenvalue weighted by molar-refractivity contribution is 5.81. The van der Waals surface area contributed by atoms with Crippen molar-refractivity contribution >= 4 is 12.3 Å². The molecule has 6 aliphatic rings. The van der Waals surface area contributed by atoms with Crippen molar-refractivity contribution in [1.82, 2.24) is 0 Å². The predicted molar refractivity (Wildman–Crippen MR) is 161 cm³/mol. The normalized spacial score (nSPS) is 52.9. The average molecular weight is 617 g/mol. The molecule has 0 unspecified atom stereocenters. The monoisotopic (exact) mass is 616 g/mol. The number of aldehydes is 1. The number of hydrogen-bond acceptors (Lipinski definition) is 8. The zero-order valence-electron chi connectivity index (χ0n) is 27.1. The van der Waals surface area contributed by atoms with E-state index < -0.39 is 65.6 Å². The van der Waals surface area contributed by atoms with Gasteiger partial charge in [-0.15, -0.1) is 0 Å². The molecule has 9 nitrogen and oxygen atoms in total. The van der Waals surface area contributed by atoms with Gasteiger partial charge in [0, 0.05) is 5.41 Å². The summed E-state index contributed by atoms with van der Waals surface area (Å²) in [6.07, 6.45) is 4.39. The first-order valence-electron chi connectivity index (χ1n) is 16.5. The van der Waals surface area contributed by atoms with Gasteiger partial charge in [-0.25, -0.2) is 0 Å². The fourth-order valence-corrected chi connectivity index (χ4v) is 11.3. The van der Waals surface area contributed by atoms with E-state index in [1.165, 1.54) is 0 Å². The topological polar surface area (TPSA) is 154 Å². The van der Waals surface area contributed by atoms with Crippen LogP contribution in [0.5, 0.6) is 0 Å². The van der Waals surface area contributed by atoms with Crippen molar-refractivity contribution in [2.45, 2.75) is 130 Å². The second kappa shape index (κ2) is 10.2. The number of fused-ring (bicyclic) bond motifs is 6. The van der Waals surface area contributed by atoms with E-state index in [2.05, 4.69) is 46.8 Å². The summed E-state index contributed by atoms with van der Waals surface area (Å²) in [4.78, 5) is 26.0. The van der Waals surface area contributed by atoms with Crippen LogP contribution in [0.2, 0.25) is 0 Å². The van der Waals surface area contributed by atoms with Crippen molar-refractivity contribution in [2.75, 3.05) is 6.61 Å². The van der Waals surface area contributed by atoms with E-state index in [-0.39, 0.29) is 28.1 Å². The highest BCUT2D eigenvalue weighted by atomic mass is 16.7. The highest BCUT2D eigenvalue weighted by Gasteiger charge is 2.70. The van der Waals surface area contributed by atoms with Gasteiger partial charge < -0.3 is 39.8 Å². The summed E-state index contributed by atoms with van der Waals surface area (Å²) >= 11 is 0. The zero-order chi connectivity index (χ0) is 32.3. The Morgan fingerprint density at radius 3 is 2.34 bits per heavy atom. The van der Waals surface area contributed by atoms with Gasteiger partial charge in [0.05, 0.1) is 24.2 Å². The van der Waals surface area contributed by atoms with Crippen LogP contribution in [0.4, 0.5) is 0 Å². The Kier molecular flexibility index (Phi) is 7.48. The molecule has 4 fully saturated rings. The number of aliphatic hydroxyl groups is 4. The number of rotatable bonds is 5. The molecule has 246 valence electrons. The lowest BCUT2D eigenvalue weighted by atomic mass is 9.35. The van der Waals surface area contributed by atoms with Gasteiger partial charge in [0.2, 0.25) is 0 Å². The molecule has 1 saturated heterocycles. The van der Waals surface area contributed by atoms with E-state index >= 15 is 0 Å². The highest BCUT2D eigenvalue weighted by Crippen LogP contribution is 2.74. The predicted octanol–water partition coefficient (Wildman–Crippen LogP) is 3.77. The summed E-state index contributed by atoms with van der Waals surface area (Å²) in [5.74, 6) is -0.877. The van der Waals surface area contributed by atoms with E-state index in [0.717, 1.165) is 43.1 Å². The molecule has 44 heavy (non-hydrogen) atoms. The quantitative estimate of drug-likeness (QED) is 0.291. The lowest BCUT2D eigenvalue weighted by Gasteiger charge is -2.69. The maximum Gasteiger partial charge on any atom is 0.316 e. The van der Waals surface area contributed by atoms with E-state index in [1.807, 2.05) is 6.92 Å². The molecule has 5 N–H and O–H groups in total. The molecule has 1 heterocycles. The van der Waals surface area contributed by atoms with Gasteiger partial charge in [-0.3, -0.25) is 4.79 Å². The lowest BCUT2D eigenvalue weighted by molar-refractivity contribution is -0.250. The third kappa shape index (κ3) is 4.05. The summed E-state index contributed by atoms with van der Waals surface area (Å²) < 4.78 is 11.9. The number of carbonyl (C=O) groups is 2. The van der Waals surface area contributed by atoms with Crippen molar-refractivity contribution in [3.8, 4) is 0 Å². The smallest absolute Gasteiger partial charge is 0.316 e. The molecule has 0 radical (unpaired) electrons. The van der Waals surface area contributed by atoms with Crippen LogP contribution in [0.1, 0.15) is 92.9 Å². The van der Waals surface area contributed by atoms with Crippen molar-refractivity contribution in [3.05, 3.63) is 23.3 Å². The van der Waals surface area contributed by atoms with Crippen molar-refractivity contribution in [3.63, 3.8) is 0 Å². The maximum absolute atomic E-state index is 13.0. The molecular formula is C35H52O9. The van der Waals surface area contributed by atoms with Gasteiger partial charge in [-0.1, -0.05) is 53.7 Å². The molecule has 0 aromatic carbocycles. The number of carboxylic acid groups (broad SMARTS) is 1. The standard InChI is InChI=1S/C35H52O9/c1-30(2)13-14-35(29(41)42)20(15-30)19-7-8-23-31(3)11-10-25(44-28-27(40)26(39)21(17-36)43-28)32(4,18-37)22(31)9-12-33(23,5)34(19,6)16-24(35)38/h7-8,18,21-28,36,38-40H,9-17H2,1-6H3,(H,41,42)/t21-,22-,23-,24-,25+,26-,27+,28+,31+,32+,33-,34-,35-/m1/s1. The van der Waals surface area contributed by atoms with Gasteiger partial charge in [0.25, 0.3) is 0 Å². The Morgan fingerprint density at radius 1 is 1.02 bits per heavy atom. The van der Waals surface area contributed by atoms with Gasteiger partial charge in [-0.05, 0) is 90.6 Å². The van der Waals surface area contributed by atoms with Crippen LogP contribution in [-0.4, -0.2) is 81.2 Å². The second-order valence-electron chi connectivity index (χ2n) is 16.8. The number of carboxylic acids is 1. The van der Waals surface area contributed by atoms with Crippen molar-refractivity contribution < 1.29 is 44.6 Å². The largest absolute Gasteiger partial charge is 0.481 e. The van der Waals surface area contributed by atoms with Gasteiger partial charge in [-0.2, -0.15) is 0 Å². The number of ether oxygens (including phenoxy) is 2. The van der Waals surface area contributed by atoms with E-state index in [0.29, 0.717) is 25.7 Å². The van der Waals surface area contributed by atoms with Crippen LogP contribution in [0.15, 0.2) is 23.3 Å². The number of allylic oxidation sites excluding steroid dienone is 3. The molecular weight excluding hydrogens is 564 g/mol. The first-order chi connectivity index (χ1) is 20.4. The molecule has 0 aromatic heterocycles. The van der Waals surface area contributed by atoms with E-state index in [9.17, 15) is 35.1 Å². The molecule has 9 heteroatoms.